The van der Waals surface area contributed by atoms with Crippen molar-refractivity contribution in [3.63, 3.8) is 0 Å². The van der Waals surface area contributed by atoms with Gasteiger partial charge in [-0.05, 0) is 13.8 Å². The third-order valence-corrected chi connectivity index (χ3v) is 2.97. The summed E-state index contributed by atoms with van der Waals surface area (Å²) in [6, 6.07) is -0.243. The Balaban J connectivity index is 2.50. The molecule has 0 aromatic carbocycles. The number of nitrogens with zero attached hydrogens (tertiary/aromatic N) is 2. The number of aliphatic imine (C=N–C) groups is 1. The molecule has 0 saturated heterocycles. The summed E-state index contributed by atoms with van der Waals surface area (Å²) in [6.07, 6.45) is 0. The maximum absolute atomic E-state index is 11.9. The van der Waals surface area contributed by atoms with Crippen LogP contribution in [0.5, 0.6) is 0 Å². The molecule has 1 rings (SSSR count). The lowest BCUT2D eigenvalue weighted by Crippen LogP contribution is -2.53. The molecule has 1 aliphatic heterocycles. The summed E-state index contributed by atoms with van der Waals surface area (Å²) in [4.78, 5) is 18.0. The predicted molar refractivity (Wildman–Crippen MR) is 70.0 cm³/mol. The molecular formula is C12H24N4O. The van der Waals surface area contributed by atoms with E-state index in [1.165, 1.54) is 0 Å². The van der Waals surface area contributed by atoms with Crippen molar-refractivity contribution in [2.24, 2.45) is 10.4 Å². The fourth-order valence-corrected chi connectivity index (χ4v) is 1.58. The van der Waals surface area contributed by atoms with E-state index in [1.54, 1.807) is 11.9 Å². The molecule has 1 amide bonds. The number of rotatable bonds is 3. The van der Waals surface area contributed by atoms with Crippen molar-refractivity contribution in [1.82, 2.24) is 15.5 Å². The van der Waals surface area contributed by atoms with Gasteiger partial charge in [0.1, 0.15) is 6.04 Å². The molecule has 0 radical (unpaired) electrons. The Labute approximate surface area is 104 Å². The van der Waals surface area contributed by atoms with Crippen LogP contribution < -0.4 is 10.6 Å². The second kappa shape index (κ2) is 5.38. The summed E-state index contributed by atoms with van der Waals surface area (Å²) < 4.78 is 0. The van der Waals surface area contributed by atoms with E-state index in [4.69, 9.17) is 0 Å². The quantitative estimate of drug-likeness (QED) is 0.752. The van der Waals surface area contributed by atoms with Gasteiger partial charge in [0, 0.05) is 32.1 Å². The summed E-state index contributed by atoms with van der Waals surface area (Å²) in [6.45, 7) is 10.5. The summed E-state index contributed by atoms with van der Waals surface area (Å²) in [7, 11) is 1.81. The van der Waals surface area contributed by atoms with Crippen LogP contribution in [0.4, 0.5) is 0 Å². The van der Waals surface area contributed by atoms with Crippen LogP contribution in [0.1, 0.15) is 27.7 Å². The lowest BCUT2D eigenvalue weighted by molar-refractivity contribution is -0.131. The number of amides is 1. The Hall–Kier alpha value is -1.26. The van der Waals surface area contributed by atoms with E-state index in [0.29, 0.717) is 0 Å². The van der Waals surface area contributed by atoms with Gasteiger partial charge in [-0.3, -0.25) is 9.79 Å². The molecule has 0 aliphatic carbocycles. The van der Waals surface area contributed by atoms with Crippen molar-refractivity contribution in [2.45, 2.75) is 33.7 Å². The van der Waals surface area contributed by atoms with Gasteiger partial charge in [0.05, 0.1) is 0 Å². The SMILES string of the molecule is CCN(C)C(=O)C(C)NC1=NCC(C)(C)CN1. The summed E-state index contributed by atoms with van der Waals surface area (Å²) >= 11 is 0. The molecule has 0 saturated carbocycles. The molecule has 0 aromatic rings. The zero-order valence-electron chi connectivity index (χ0n) is 11.5. The lowest BCUT2D eigenvalue weighted by atomic mass is 9.93. The fourth-order valence-electron chi connectivity index (χ4n) is 1.58. The molecule has 0 aromatic heterocycles. The Morgan fingerprint density at radius 2 is 2.29 bits per heavy atom. The highest BCUT2D eigenvalue weighted by atomic mass is 16.2. The summed E-state index contributed by atoms with van der Waals surface area (Å²) in [5.74, 6) is 0.816. The van der Waals surface area contributed by atoms with Crippen LogP contribution in [0.15, 0.2) is 4.99 Å². The van der Waals surface area contributed by atoms with Gasteiger partial charge in [-0.25, -0.2) is 0 Å². The number of hydrogen-bond acceptors (Lipinski definition) is 4. The Kier molecular flexibility index (Phi) is 4.37. The monoisotopic (exact) mass is 240 g/mol. The first-order valence-corrected chi connectivity index (χ1v) is 6.15. The zero-order chi connectivity index (χ0) is 13.1. The van der Waals surface area contributed by atoms with Crippen molar-refractivity contribution >= 4 is 11.9 Å². The van der Waals surface area contributed by atoms with E-state index >= 15 is 0 Å². The average Bonchev–Trinajstić information content (AvgIpc) is 2.29. The maximum Gasteiger partial charge on any atom is 0.244 e. The van der Waals surface area contributed by atoms with Gasteiger partial charge in [-0.2, -0.15) is 0 Å². The molecule has 0 spiro atoms. The molecular weight excluding hydrogens is 216 g/mol. The van der Waals surface area contributed by atoms with E-state index in [1.807, 2.05) is 13.8 Å². The first kappa shape index (κ1) is 13.8. The van der Waals surface area contributed by atoms with Crippen LogP contribution in [0.3, 0.4) is 0 Å². The van der Waals surface area contributed by atoms with Gasteiger partial charge in [0.25, 0.3) is 0 Å². The van der Waals surface area contributed by atoms with Crippen LogP contribution in [-0.4, -0.2) is 49.5 Å². The Morgan fingerprint density at radius 1 is 1.65 bits per heavy atom. The van der Waals surface area contributed by atoms with Crippen LogP contribution in [0, 0.1) is 5.41 Å². The minimum absolute atomic E-state index is 0.0850. The normalized spacial score (nSPS) is 19.9. The second-order valence-electron chi connectivity index (χ2n) is 5.40. The fraction of sp³-hybridized carbons (Fsp3) is 0.833. The van der Waals surface area contributed by atoms with Gasteiger partial charge in [0.15, 0.2) is 5.96 Å². The molecule has 1 atom stereocenters. The highest BCUT2D eigenvalue weighted by molar-refractivity contribution is 5.88. The van der Waals surface area contributed by atoms with E-state index in [9.17, 15) is 4.79 Å². The smallest absolute Gasteiger partial charge is 0.244 e. The van der Waals surface area contributed by atoms with Crippen molar-refractivity contribution in [2.75, 3.05) is 26.7 Å². The molecule has 1 aliphatic rings. The summed E-state index contributed by atoms with van der Waals surface area (Å²) in [5, 5.41) is 6.34. The topological polar surface area (TPSA) is 56.7 Å². The molecule has 0 fully saturated rings. The largest absolute Gasteiger partial charge is 0.356 e. The number of likely N-dealkylation sites (N-methyl/N-ethyl adjacent to an activating group) is 1. The van der Waals surface area contributed by atoms with Crippen LogP contribution >= 0.6 is 0 Å². The van der Waals surface area contributed by atoms with Gasteiger partial charge >= 0.3 is 0 Å². The molecule has 5 nitrogen and oxygen atoms in total. The molecule has 2 N–H and O–H groups in total. The van der Waals surface area contributed by atoms with E-state index in [0.717, 1.165) is 25.6 Å². The number of hydrogen-bond donors (Lipinski definition) is 2. The van der Waals surface area contributed by atoms with Crippen molar-refractivity contribution in [3.05, 3.63) is 0 Å². The predicted octanol–water partition coefficient (Wildman–Crippen LogP) is 0.428. The minimum atomic E-state index is -0.243. The second-order valence-corrected chi connectivity index (χ2v) is 5.40. The number of guanidine groups is 1. The van der Waals surface area contributed by atoms with Crippen molar-refractivity contribution in [3.8, 4) is 0 Å². The third kappa shape index (κ3) is 3.91. The van der Waals surface area contributed by atoms with Crippen molar-refractivity contribution < 1.29 is 4.79 Å². The number of carbonyl (C=O) groups excluding carboxylic acids is 1. The van der Waals surface area contributed by atoms with E-state index < -0.39 is 0 Å². The molecule has 17 heavy (non-hydrogen) atoms. The third-order valence-electron chi connectivity index (χ3n) is 2.97. The Bertz CT molecular complexity index is 312. The standard InChI is InChI=1S/C12H24N4O/c1-6-16(5)10(17)9(2)15-11-13-7-12(3,4)8-14-11/h9H,6-8H2,1-5H3,(H2,13,14,15). The highest BCUT2D eigenvalue weighted by Crippen LogP contribution is 2.16. The average molecular weight is 240 g/mol. The first-order chi connectivity index (χ1) is 7.85. The van der Waals surface area contributed by atoms with Gasteiger partial charge < -0.3 is 15.5 Å². The van der Waals surface area contributed by atoms with Crippen LogP contribution in [0.25, 0.3) is 0 Å². The van der Waals surface area contributed by atoms with Gasteiger partial charge in [-0.1, -0.05) is 13.8 Å². The number of carbonyl (C=O) groups is 1. The van der Waals surface area contributed by atoms with Gasteiger partial charge in [-0.15, -0.1) is 0 Å². The van der Waals surface area contributed by atoms with E-state index in [2.05, 4.69) is 29.5 Å². The molecule has 0 bridgehead atoms. The molecule has 1 heterocycles. The van der Waals surface area contributed by atoms with Crippen LogP contribution in [-0.2, 0) is 4.79 Å². The maximum atomic E-state index is 11.9. The minimum Gasteiger partial charge on any atom is -0.356 e. The molecule has 98 valence electrons. The number of nitrogens with one attached hydrogen (secondary N) is 2. The molecule has 5 heteroatoms. The van der Waals surface area contributed by atoms with E-state index in [-0.39, 0.29) is 17.4 Å². The van der Waals surface area contributed by atoms with Gasteiger partial charge in [0.2, 0.25) is 5.91 Å². The highest BCUT2D eigenvalue weighted by Gasteiger charge is 2.24. The lowest BCUT2D eigenvalue weighted by Gasteiger charge is -2.31. The summed E-state index contributed by atoms with van der Waals surface area (Å²) in [5.41, 5.74) is 0.193. The van der Waals surface area contributed by atoms with Crippen LogP contribution in [0.2, 0.25) is 0 Å². The first-order valence-electron chi connectivity index (χ1n) is 6.15. The Morgan fingerprint density at radius 3 is 2.76 bits per heavy atom. The zero-order valence-corrected chi connectivity index (χ0v) is 11.5. The van der Waals surface area contributed by atoms with Crippen molar-refractivity contribution in [1.29, 1.82) is 0 Å². The molecule has 1 unspecified atom stereocenters.